The van der Waals surface area contributed by atoms with Crippen molar-refractivity contribution in [3.63, 3.8) is 0 Å². The van der Waals surface area contributed by atoms with Crippen LogP contribution >= 0.6 is 0 Å². The molecule has 0 aromatic heterocycles. The Hall–Kier alpha value is -4.19. The maximum atomic E-state index is 12.9. The summed E-state index contributed by atoms with van der Waals surface area (Å²) in [6.45, 7) is 6.43. The standard InChI is InChI=1S/C72H120O6/c1-4-7-10-13-16-18-20-22-24-26-28-30-32-34-35-36-37-39-40-42-44-46-48-50-52-54-56-59-62-65-71(74)77-68-69(67-76-70(73)64-61-58-15-12-9-6-3)78-72(75)66-63-60-57-55-53-51-49-47-45-43-41-38-33-31-29-27-25-23-21-19-17-14-11-8-5-2/h7,10,16,18,22,24,27-30,34-35,37,39,42,44,48,50,54,56,69H,4-6,8-9,11-15,17,19-21,23,25-26,31-33,36,38,40-41,43,45-47,49,51-53,55,57-68H2,1-3H3/b10-7-,18-16-,24-22-,29-27-,30-28-,35-34-,39-37-,44-42-,50-48-,56-54-. The zero-order valence-corrected chi connectivity index (χ0v) is 50.9. The quantitative estimate of drug-likeness (QED) is 0.0261. The molecule has 78 heavy (non-hydrogen) atoms. The van der Waals surface area contributed by atoms with Gasteiger partial charge in [-0.15, -0.1) is 0 Å². The van der Waals surface area contributed by atoms with Crippen molar-refractivity contribution in [1.82, 2.24) is 0 Å². The second-order valence-electron chi connectivity index (χ2n) is 21.3. The van der Waals surface area contributed by atoms with E-state index in [0.717, 1.165) is 103 Å². The average molecular weight is 1080 g/mol. The summed E-state index contributed by atoms with van der Waals surface area (Å²) in [6.07, 6.45) is 91.1. The predicted molar refractivity (Wildman–Crippen MR) is 339 cm³/mol. The molecule has 1 atom stereocenters. The first-order valence-electron chi connectivity index (χ1n) is 32.5. The summed E-state index contributed by atoms with van der Waals surface area (Å²) in [5.74, 6) is -0.966. The molecule has 0 aliphatic heterocycles. The lowest BCUT2D eigenvalue weighted by molar-refractivity contribution is -0.167. The molecule has 0 aliphatic rings. The Balaban J connectivity index is 4.21. The fourth-order valence-corrected chi connectivity index (χ4v) is 8.85. The number of unbranched alkanes of at least 4 members (excludes halogenated alkanes) is 27. The minimum Gasteiger partial charge on any atom is -0.462 e. The van der Waals surface area contributed by atoms with Gasteiger partial charge in [0.25, 0.3) is 0 Å². The van der Waals surface area contributed by atoms with Crippen molar-refractivity contribution >= 4 is 17.9 Å². The largest absolute Gasteiger partial charge is 0.462 e. The smallest absolute Gasteiger partial charge is 0.306 e. The molecule has 0 aromatic carbocycles. The molecular formula is C72H120O6. The number of rotatable bonds is 58. The zero-order chi connectivity index (χ0) is 56.4. The molecule has 0 aliphatic carbocycles. The van der Waals surface area contributed by atoms with Crippen LogP contribution in [0.5, 0.6) is 0 Å². The molecular weight excluding hydrogens is 961 g/mol. The molecule has 6 heteroatoms. The first kappa shape index (κ1) is 73.8. The Morgan fingerprint density at radius 1 is 0.269 bits per heavy atom. The molecule has 6 nitrogen and oxygen atoms in total. The molecule has 0 radical (unpaired) electrons. The molecule has 0 fully saturated rings. The number of esters is 3. The number of hydrogen-bond acceptors (Lipinski definition) is 6. The van der Waals surface area contributed by atoms with Crippen LogP contribution in [0.4, 0.5) is 0 Å². The number of allylic oxidation sites excluding steroid dienone is 20. The van der Waals surface area contributed by atoms with E-state index in [1.165, 1.54) is 148 Å². The average Bonchev–Trinajstić information content (AvgIpc) is 3.44. The van der Waals surface area contributed by atoms with Gasteiger partial charge in [0.05, 0.1) is 0 Å². The van der Waals surface area contributed by atoms with E-state index in [1.54, 1.807) is 0 Å². The topological polar surface area (TPSA) is 78.9 Å². The minimum atomic E-state index is -0.801. The van der Waals surface area contributed by atoms with Gasteiger partial charge in [-0.1, -0.05) is 290 Å². The third kappa shape index (κ3) is 62.7. The van der Waals surface area contributed by atoms with Gasteiger partial charge in [-0.3, -0.25) is 14.4 Å². The maximum absolute atomic E-state index is 12.9. The zero-order valence-electron chi connectivity index (χ0n) is 50.9. The fraction of sp³-hybridized carbons (Fsp3) is 0.681. The molecule has 1 unspecified atom stereocenters. The molecule has 0 N–H and O–H groups in total. The highest BCUT2D eigenvalue weighted by Crippen LogP contribution is 2.16. The second kappa shape index (κ2) is 65.3. The summed E-state index contributed by atoms with van der Waals surface area (Å²) in [6, 6.07) is 0. The van der Waals surface area contributed by atoms with Gasteiger partial charge in [-0.05, 0) is 109 Å². The maximum Gasteiger partial charge on any atom is 0.306 e. The summed E-state index contributed by atoms with van der Waals surface area (Å²) in [5, 5.41) is 0. The molecule has 0 spiro atoms. The lowest BCUT2D eigenvalue weighted by atomic mass is 10.0. The van der Waals surface area contributed by atoms with Gasteiger partial charge < -0.3 is 14.2 Å². The lowest BCUT2D eigenvalue weighted by Gasteiger charge is -2.18. The molecule has 0 saturated carbocycles. The van der Waals surface area contributed by atoms with Crippen LogP contribution in [0.1, 0.15) is 297 Å². The highest BCUT2D eigenvalue weighted by molar-refractivity contribution is 5.71. The van der Waals surface area contributed by atoms with Crippen molar-refractivity contribution in [3.8, 4) is 0 Å². The molecule has 0 rings (SSSR count). The third-order valence-corrected chi connectivity index (χ3v) is 13.7. The fourth-order valence-electron chi connectivity index (χ4n) is 8.85. The molecule has 0 bridgehead atoms. The number of carbonyl (C=O) groups excluding carboxylic acids is 3. The van der Waals surface area contributed by atoms with Gasteiger partial charge in [-0.25, -0.2) is 0 Å². The number of hydrogen-bond donors (Lipinski definition) is 0. The first-order chi connectivity index (χ1) is 38.5. The molecule has 0 amide bonds. The summed E-state index contributed by atoms with van der Waals surface area (Å²) in [7, 11) is 0. The molecule has 0 heterocycles. The minimum absolute atomic E-state index is 0.0969. The van der Waals surface area contributed by atoms with Crippen LogP contribution in [0.3, 0.4) is 0 Å². The number of carbonyl (C=O) groups is 3. The first-order valence-corrected chi connectivity index (χ1v) is 32.5. The molecule has 444 valence electrons. The van der Waals surface area contributed by atoms with Crippen LogP contribution in [0.2, 0.25) is 0 Å². The van der Waals surface area contributed by atoms with Gasteiger partial charge in [0.1, 0.15) is 13.2 Å². The van der Waals surface area contributed by atoms with E-state index < -0.39 is 6.10 Å². The van der Waals surface area contributed by atoms with E-state index in [-0.39, 0.29) is 37.5 Å². The van der Waals surface area contributed by atoms with Crippen LogP contribution in [0, 0.1) is 0 Å². The summed E-state index contributed by atoms with van der Waals surface area (Å²) in [4.78, 5) is 38.0. The van der Waals surface area contributed by atoms with Crippen molar-refractivity contribution < 1.29 is 28.6 Å². The highest BCUT2D eigenvalue weighted by Gasteiger charge is 2.19. The van der Waals surface area contributed by atoms with Crippen molar-refractivity contribution in [3.05, 3.63) is 122 Å². The second-order valence-corrected chi connectivity index (χ2v) is 21.3. The van der Waals surface area contributed by atoms with Crippen LogP contribution in [0.25, 0.3) is 0 Å². The SMILES string of the molecule is CC/C=C\C/C=C\C/C=C\C/C=C\C/C=C\C/C=C\C/C=C\C/C=C\C/C=C\CCCC(=O)OCC(COC(=O)CCCCCCCC)OC(=O)CCCCCCCCCCCCCCC/C=C\CCCCCCCCCC. The Morgan fingerprint density at radius 3 is 0.846 bits per heavy atom. The molecule has 0 saturated heterocycles. The Labute approximate surface area is 482 Å². The third-order valence-electron chi connectivity index (χ3n) is 13.7. The molecule has 0 aromatic rings. The van der Waals surface area contributed by atoms with E-state index in [0.29, 0.717) is 19.3 Å². The highest BCUT2D eigenvalue weighted by atomic mass is 16.6. The predicted octanol–water partition coefficient (Wildman–Crippen LogP) is 22.4. The monoisotopic (exact) mass is 1080 g/mol. The van der Waals surface area contributed by atoms with Crippen molar-refractivity contribution in [2.24, 2.45) is 0 Å². The van der Waals surface area contributed by atoms with E-state index in [4.69, 9.17) is 14.2 Å². The van der Waals surface area contributed by atoms with Gasteiger partial charge in [0.15, 0.2) is 6.10 Å². The van der Waals surface area contributed by atoms with Gasteiger partial charge in [0, 0.05) is 19.3 Å². The van der Waals surface area contributed by atoms with Crippen LogP contribution in [-0.2, 0) is 28.6 Å². The van der Waals surface area contributed by atoms with E-state index in [9.17, 15) is 14.4 Å². The summed E-state index contributed by atoms with van der Waals surface area (Å²) in [5.41, 5.74) is 0. The van der Waals surface area contributed by atoms with Gasteiger partial charge >= 0.3 is 17.9 Å². The van der Waals surface area contributed by atoms with E-state index >= 15 is 0 Å². The summed E-state index contributed by atoms with van der Waals surface area (Å²) < 4.78 is 16.8. The Morgan fingerprint density at radius 2 is 0.513 bits per heavy atom. The van der Waals surface area contributed by atoms with Crippen molar-refractivity contribution in [1.29, 1.82) is 0 Å². The summed E-state index contributed by atoms with van der Waals surface area (Å²) >= 11 is 0. The van der Waals surface area contributed by atoms with Crippen molar-refractivity contribution in [2.75, 3.05) is 13.2 Å². The van der Waals surface area contributed by atoms with Crippen molar-refractivity contribution in [2.45, 2.75) is 303 Å². The number of ether oxygens (including phenoxy) is 3. The Kier molecular flexibility index (Phi) is 61.8. The van der Waals surface area contributed by atoms with Gasteiger partial charge in [0.2, 0.25) is 0 Å². The van der Waals surface area contributed by atoms with E-state index in [1.807, 2.05) is 0 Å². The van der Waals surface area contributed by atoms with E-state index in [2.05, 4.69) is 142 Å². The van der Waals surface area contributed by atoms with Gasteiger partial charge in [-0.2, -0.15) is 0 Å². The van der Waals surface area contributed by atoms with Crippen LogP contribution in [0.15, 0.2) is 122 Å². The van der Waals surface area contributed by atoms with Crippen LogP contribution < -0.4 is 0 Å². The van der Waals surface area contributed by atoms with Crippen LogP contribution in [-0.4, -0.2) is 37.2 Å². The lowest BCUT2D eigenvalue weighted by Crippen LogP contribution is -2.30. The Bertz CT molecular complexity index is 1620. The normalized spacial score (nSPS) is 12.9.